The molecule has 4 heteroatoms. The Morgan fingerprint density at radius 2 is 1.10 bits per heavy atom. The van der Waals surface area contributed by atoms with Gasteiger partial charge in [-0.1, -0.05) is 111 Å². The number of rotatable bonds is 17. The Morgan fingerprint density at radius 3 is 1.34 bits per heavy atom. The number of unbranched alkanes of at least 4 members (excludes halogenated alkanes) is 13. The molecule has 0 spiro atoms. The van der Waals surface area contributed by atoms with Gasteiger partial charge in [0.2, 0.25) is 0 Å². The van der Waals surface area contributed by atoms with Gasteiger partial charge >= 0.3 is 11.9 Å². The molecule has 0 fully saturated rings. The number of hydrogen-bond donors (Lipinski definition) is 1. The second-order valence-electron chi connectivity index (χ2n) is 9.18. The van der Waals surface area contributed by atoms with Crippen LogP contribution in [0.1, 0.15) is 130 Å². The molecule has 0 atom stereocenters. The zero-order valence-corrected chi connectivity index (χ0v) is 19.8. The summed E-state index contributed by atoms with van der Waals surface area (Å²) in [4.78, 5) is 20.1. The number of carbonyl (C=O) groups excluding carboxylic acids is 1. The van der Waals surface area contributed by atoms with Crippen molar-refractivity contribution in [1.29, 1.82) is 0 Å². The molecule has 1 N–H and O–H groups in total. The fourth-order valence-corrected chi connectivity index (χ4v) is 3.17. The van der Waals surface area contributed by atoms with E-state index >= 15 is 0 Å². The molecule has 0 aliphatic heterocycles. The van der Waals surface area contributed by atoms with Crippen LogP contribution in [-0.2, 0) is 14.3 Å². The highest BCUT2D eigenvalue weighted by Gasteiger charge is 2.08. The van der Waals surface area contributed by atoms with Gasteiger partial charge in [0, 0.05) is 13.3 Å². The zero-order chi connectivity index (χ0) is 22.4. The van der Waals surface area contributed by atoms with E-state index in [1.165, 1.54) is 90.4 Å². The van der Waals surface area contributed by atoms with Gasteiger partial charge in [-0.05, 0) is 18.3 Å². The maximum absolute atomic E-state index is 10.4. The van der Waals surface area contributed by atoms with Crippen molar-refractivity contribution in [3.05, 3.63) is 12.8 Å². The molecule has 0 bridgehead atoms. The van der Waals surface area contributed by atoms with Crippen LogP contribution in [-0.4, -0.2) is 17.0 Å². The minimum absolute atomic E-state index is 0.329. The summed E-state index contributed by atoms with van der Waals surface area (Å²) in [6, 6.07) is 0. The van der Waals surface area contributed by atoms with Crippen LogP contribution in [0.15, 0.2) is 12.8 Å². The number of aliphatic carboxylic acids is 1. The van der Waals surface area contributed by atoms with Gasteiger partial charge < -0.3 is 9.84 Å². The molecule has 0 radical (unpaired) electrons. The lowest BCUT2D eigenvalue weighted by molar-refractivity contribution is -0.137. The summed E-state index contributed by atoms with van der Waals surface area (Å²) in [5, 5.41) is 8.55. The highest BCUT2D eigenvalue weighted by atomic mass is 16.5. The first-order valence-corrected chi connectivity index (χ1v) is 11.7. The monoisotopic (exact) mass is 412 g/mol. The van der Waals surface area contributed by atoms with Gasteiger partial charge in [0.05, 0.1) is 6.26 Å². The average Bonchev–Trinajstić information content (AvgIpc) is 2.60. The fraction of sp³-hybridized carbons (Fsp3) is 0.840. The number of ether oxygens (including phenoxy) is 1. The highest BCUT2D eigenvalue weighted by molar-refractivity contribution is 5.66. The zero-order valence-electron chi connectivity index (χ0n) is 19.8. The van der Waals surface area contributed by atoms with Crippen LogP contribution >= 0.6 is 0 Å². The quantitative estimate of drug-likeness (QED) is 0.149. The molecule has 0 aromatic carbocycles. The van der Waals surface area contributed by atoms with E-state index < -0.39 is 5.97 Å². The summed E-state index contributed by atoms with van der Waals surface area (Å²) in [7, 11) is 0. The predicted molar refractivity (Wildman–Crippen MR) is 123 cm³/mol. The van der Waals surface area contributed by atoms with E-state index in [1.807, 2.05) is 0 Å². The molecule has 0 aromatic heterocycles. The first-order chi connectivity index (χ1) is 13.7. The first kappa shape index (κ1) is 29.9. The molecule has 29 heavy (non-hydrogen) atoms. The minimum Gasteiger partial charge on any atom is -0.481 e. The van der Waals surface area contributed by atoms with Crippen molar-refractivity contribution in [2.24, 2.45) is 5.41 Å². The molecule has 4 nitrogen and oxygen atoms in total. The summed E-state index contributed by atoms with van der Waals surface area (Å²) < 4.78 is 4.17. The molecule has 0 rings (SSSR count). The summed E-state index contributed by atoms with van der Waals surface area (Å²) in [6.45, 7) is 11.5. The van der Waals surface area contributed by atoms with Gasteiger partial charge in [-0.15, -0.1) is 0 Å². The van der Waals surface area contributed by atoms with Crippen molar-refractivity contribution < 1.29 is 19.4 Å². The van der Waals surface area contributed by atoms with Crippen LogP contribution < -0.4 is 0 Å². The average molecular weight is 413 g/mol. The van der Waals surface area contributed by atoms with Crippen LogP contribution in [0.3, 0.4) is 0 Å². The summed E-state index contributed by atoms with van der Waals surface area (Å²) >= 11 is 0. The van der Waals surface area contributed by atoms with Crippen LogP contribution in [0.4, 0.5) is 0 Å². The standard InChI is InChI=1S/C21H42O2.C4H6O2/c1-21(2,3)19-17-15-13-11-9-7-5-4-6-8-10-12-14-16-18-20(22)23;1-3-6-4(2)5/h4-19H2,1-3H3,(H,22,23);3H,1H2,2H3. The molecular formula is C25H48O4. The van der Waals surface area contributed by atoms with Crippen molar-refractivity contribution in [3.8, 4) is 0 Å². The summed E-state index contributed by atoms with van der Waals surface area (Å²) in [6.07, 6.45) is 21.2. The minimum atomic E-state index is -0.654. The third kappa shape index (κ3) is 34.6. The molecule has 0 saturated carbocycles. The van der Waals surface area contributed by atoms with Gasteiger partial charge in [-0.25, -0.2) is 0 Å². The number of esters is 1. The largest absolute Gasteiger partial charge is 0.481 e. The number of hydrogen-bond acceptors (Lipinski definition) is 3. The maximum atomic E-state index is 10.4. The topological polar surface area (TPSA) is 63.6 Å². The van der Waals surface area contributed by atoms with Crippen molar-refractivity contribution in [3.63, 3.8) is 0 Å². The van der Waals surface area contributed by atoms with Crippen LogP contribution in [0.5, 0.6) is 0 Å². The molecule has 0 heterocycles. The molecule has 0 saturated heterocycles. The lowest BCUT2D eigenvalue weighted by atomic mass is 9.89. The van der Waals surface area contributed by atoms with E-state index in [2.05, 4.69) is 32.1 Å². The van der Waals surface area contributed by atoms with Gasteiger partial charge in [-0.3, -0.25) is 9.59 Å². The lowest BCUT2D eigenvalue weighted by Crippen LogP contribution is -2.03. The molecular weight excluding hydrogens is 364 g/mol. The van der Waals surface area contributed by atoms with E-state index in [9.17, 15) is 9.59 Å². The van der Waals surface area contributed by atoms with Crippen LogP contribution in [0.25, 0.3) is 0 Å². The number of carbonyl (C=O) groups is 2. The summed E-state index contributed by atoms with van der Waals surface area (Å²) in [5.41, 5.74) is 0.510. The van der Waals surface area contributed by atoms with E-state index in [4.69, 9.17) is 5.11 Å². The normalized spacial score (nSPS) is 10.8. The van der Waals surface area contributed by atoms with Crippen molar-refractivity contribution >= 4 is 11.9 Å². The predicted octanol–water partition coefficient (Wildman–Crippen LogP) is 8.05. The van der Waals surface area contributed by atoms with Crippen LogP contribution in [0.2, 0.25) is 0 Å². The van der Waals surface area contributed by atoms with E-state index in [-0.39, 0.29) is 5.97 Å². The molecule has 0 aliphatic carbocycles. The third-order valence-corrected chi connectivity index (χ3v) is 4.82. The number of carboxylic acids is 1. The van der Waals surface area contributed by atoms with Gasteiger partial charge in [0.15, 0.2) is 0 Å². The van der Waals surface area contributed by atoms with E-state index in [0.29, 0.717) is 11.8 Å². The van der Waals surface area contributed by atoms with E-state index in [0.717, 1.165) is 19.1 Å². The second kappa shape index (κ2) is 21.4. The highest BCUT2D eigenvalue weighted by Crippen LogP contribution is 2.22. The summed E-state index contributed by atoms with van der Waals surface area (Å²) in [5.74, 6) is -0.982. The van der Waals surface area contributed by atoms with Crippen LogP contribution in [0, 0.1) is 5.41 Å². The SMILES string of the molecule is C=COC(C)=O.CC(C)(C)CCCCCCCCCCCCCCCCC(=O)O. The third-order valence-electron chi connectivity index (χ3n) is 4.82. The Morgan fingerprint density at radius 1 is 0.759 bits per heavy atom. The van der Waals surface area contributed by atoms with E-state index in [1.54, 1.807) is 0 Å². The Kier molecular flexibility index (Phi) is 22.0. The Balaban J connectivity index is 0. The molecule has 0 aliphatic rings. The first-order valence-electron chi connectivity index (χ1n) is 11.7. The Hall–Kier alpha value is -1.32. The smallest absolute Gasteiger partial charge is 0.307 e. The second-order valence-corrected chi connectivity index (χ2v) is 9.18. The van der Waals surface area contributed by atoms with Gasteiger partial charge in [0.25, 0.3) is 0 Å². The van der Waals surface area contributed by atoms with Gasteiger partial charge in [-0.2, -0.15) is 0 Å². The molecule has 172 valence electrons. The molecule has 0 unspecified atom stereocenters. The maximum Gasteiger partial charge on any atom is 0.307 e. The Labute approximate surface area is 180 Å². The lowest BCUT2D eigenvalue weighted by Gasteiger charge is -2.17. The van der Waals surface area contributed by atoms with Crippen molar-refractivity contribution in [2.45, 2.75) is 130 Å². The number of carboxylic acid groups (broad SMARTS) is 1. The van der Waals surface area contributed by atoms with Crippen molar-refractivity contribution in [1.82, 2.24) is 0 Å². The Bertz CT molecular complexity index is 396. The van der Waals surface area contributed by atoms with Gasteiger partial charge in [0.1, 0.15) is 0 Å². The van der Waals surface area contributed by atoms with Crippen molar-refractivity contribution in [2.75, 3.05) is 0 Å². The molecule has 0 amide bonds. The molecule has 0 aromatic rings. The fourth-order valence-electron chi connectivity index (χ4n) is 3.17.